The number of alkyl halides is 2. The topological polar surface area (TPSA) is 54.3 Å². The first-order valence-corrected chi connectivity index (χ1v) is 9.37. The molecule has 144 valence electrons. The summed E-state index contributed by atoms with van der Waals surface area (Å²) in [5, 5.41) is 4.79. The van der Waals surface area contributed by atoms with Crippen molar-refractivity contribution >= 4 is 23.2 Å². The van der Waals surface area contributed by atoms with Crippen molar-refractivity contribution in [3.05, 3.63) is 35.9 Å². The Bertz CT molecular complexity index is 835. The highest BCUT2D eigenvalue weighted by atomic mass is 35.5. The van der Waals surface area contributed by atoms with E-state index < -0.39 is 12.5 Å². The van der Waals surface area contributed by atoms with E-state index in [2.05, 4.69) is 15.0 Å². The molecule has 27 heavy (non-hydrogen) atoms. The summed E-state index contributed by atoms with van der Waals surface area (Å²) < 4.78 is 28.5. The highest BCUT2D eigenvalue weighted by Gasteiger charge is 2.42. The van der Waals surface area contributed by atoms with Crippen molar-refractivity contribution in [1.29, 1.82) is 0 Å². The van der Waals surface area contributed by atoms with Gasteiger partial charge in [-0.1, -0.05) is 11.6 Å². The Morgan fingerprint density at radius 3 is 2.59 bits per heavy atom. The van der Waals surface area contributed by atoms with Crippen LogP contribution in [0.1, 0.15) is 19.3 Å². The highest BCUT2D eigenvalue weighted by molar-refractivity contribution is 6.30. The first kappa shape index (κ1) is 18.2. The minimum atomic E-state index is -2.74. The molecule has 0 spiro atoms. The van der Waals surface area contributed by atoms with Gasteiger partial charge in [-0.25, -0.2) is 13.5 Å². The number of hydrogen-bond acceptors (Lipinski definition) is 4. The van der Waals surface area contributed by atoms with Crippen LogP contribution in [0.25, 0.3) is 5.69 Å². The van der Waals surface area contributed by atoms with E-state index in [9.17, 15) is 13.6 Å². The zero-order chi connectivity index (χ0) is 19.0. The first-order chi connectivity index (χ1) is 12.9. The van der Waals surface area contributed by atoms with Crippen LogP contribution >= 0.6 is 11.6 Å². The Balaban J connectivity index is 1.44. The lowest BCUT2D eigenvalue weighted by Gasteiger charge is -2.35. The van der Waals surface area contributed by atoms with Crippen LogP contribution in [0, 0.1) is 5.92 Å². The number of rotatable bonds is 3. The van der Waals surface area contributed by atoms with Gasteiger partial charge in [-0.15, -0.1) is 0 Å². The van der Waals surface area contributed by atoms with Gasteiger partial charge in [-0.05, 0) is 18.9 Å². The van der Waals surface area contributed by atoms with Gasteiger partial charge in [-0.2, -0.15) is 5.10 Å². The maximum absolute atomic E-state index is 13.4. The third-order valence-electron chi connectivity index (χ3n) is 5.24. The van der Waals surface area contributed by atoms with Gasteiger partial charge in [0.2, 0.25) is 5.91 Å². The molecule has 2 aliphatic rings. The van der Waals surface area contributed by atoms with Crippen LogP contribution in [0.15, 0.2) is 30.9 Å². The number of carbonyl (C=O) groups excluding carboxylic acids is 1. The zero-order valence-electron chi connectivity index (χ0n) is 14.7. The molecule has 9 heteroatoms. The van der Waals surface area contributed by atoms with Crippen molar-refractivity contribution in [2.75, 3.05) is 31.1 Å². The molecule has 0 bridgehead atoms. The summed E-state index contributed by atoms with van der Waals surface area (Å²) >= 11 is 5.98. The fraction of sp³-hybridized carbons (Fsp3) is 0.500. The molecule has 6 nitrogen and oxygen atoms in total. The summed E-state index contributed by atoms with van der Waals surface area (Å²) in [5.74, 6) is -3.09. The Labute approximate surface area is 160 Å². The number of amides is 1. The smallest absolute Gasteiger partial charge is 0.267 e. The number of halogens is 3. The molecule has 2 aromatic rings. The van der Waals surface area contributed by atoms with Crippen molar-refractivity contribution in [2.24, 2.45) is 5.92 Å². The van der Waals surface area contributed by atoms with Gasteiger partial charge in [0.25, 0.3) is 5.92 Å². The number of anilines is 1. The lowest BCUT2D eigenvalue weighted by Crippen LogP contribution is -2.42. The van der Waals surface area contributed by atoms with E-state index in [1.54, 1.807) is 29.5 Å². The van der Waals surface area contributed by atoms with Crippen molar-refractivity contribution < 1.29 is 13.6 Å². The monoisotopic (exact) mass is 395 g/mol. The maximum atomic E-state index is 13.4. The number of carbonyl (C=O) groups is 1. The molecule has 2 aliphatic heterocycles. The molecule has 0 aliphatic carbocycles. The molecule has 0 radical (unpaired) electrons. The van der Waals surface area contributed by atoms with Gasteiger partial charge >= 0.3 is 0 Å². The molecular formula is C18H20ClF2N5O. The second-order valence-electron chi connectivity index (χ2n) is 7.09. The van der Waals surface area contributed by atoms with Crippen molar-refractivity contribution in [3.8, 4) is 5.69 Å². The Morgan fingerprint density at radius 1 is 1.19 bits per heavy atom. The summed E-state index contributed by atoms with van der Waals surface area (Å²) in [6.07, 6.45) is 7.80. The van der Waals surface area contributed by atoms with Crippen molar-refractivity contribution in [2.45, 2.75) is 25.2 Å². The fourth-order valence-corrected chi connectivity index (χ4v) is 3.93. The SMILES string of the molecule is O=C(C1CCN(c2cnccc2-n2cc(Cl)cn2)CC1)N1CCC(F)(F)C1. The van der Waals surface area contributed by atoms with Crippen LogP contribution in [-0.4, -0.2) is 57.7 Å². The number of nitrogens with zero attached hydrogens (tertiary/aromatic N) is 5. The van der Waals surface area contributed by atoms with Gasteiger partial charge in [-0.3, -0.25) is 9.78 Å². The number of hydrogen-bond donors (Lipinski definition) is 0. The zero-order valence-corrected chi connectivity index (χ0v) is 15.4. The van der Waals surface area contributed by atoms with Crippen LogP contribution in [0.2, 0.25) is 5.02 Å². The Kier molecular flexibility index (Phi) is 4.75. The second-order valence-corrected chi connectivity index (χ2v) is 7.53. The minimum Gasteiger partial charge on any atom is -0.368 e. The summed E-state index contributed by atoms with van der Waals surface area (Å²) in [5.41, 5.74) is 1.77. The lowest BCUT2D eigenvalue weighted by molar-refractivity contribution is -0.136. The van der Waals surface area contributed by atoms with Crippen LogP contribution in [0.5, 0.6) is 0 Å². The van der Waals surface area contributed by atoms with E-state index in [0.717, 1.165) is 11.4 Å². The van der Waals surface area contributed by atoms with Crippen LogP contribution in [-0.2, 0) is 4.79 Å². The second kappa shape index (κ2) is 7.07. The van der Waals surface area contributed by atoms with Gasteiger partial charge in [0.15, 0.2) is 0 Å². The average Bonchev–Trinajstić information content (AvgIpc) is 3.26. The van der Waals surface area contributed by atoms with E-state index in [-0.39, 0.29) is 24.8 Å². The molecule has 1 amide bonds. The van der Waals surface area contributed by atoms with E-state index >= 15 is 0 Å². The van der Waals surface area contributed by atoms with Gasteiger partial charge in [0.05, 0.1) is 35.3 Å². The summed E-state index contributed by atoms with van der Waals surface area (Å²) in [6.45, 7) is 1.03. The summed E-state index contributed by atoms with van der Waals surface area (Å²) in [6, 6.07) is 1.86. The van der Waals surface area contributed by atoms with Crippen LogP contribution < -0.4 is 4.90 Å². The van der Waals surface area contributed by atoms with Gasteiger partial charge in [0, 0.05) is 44.4 Å². The normalized spacial score (nSPS) is 20.3. The molecule has 2 saturated heterocycles. The maximum Gasteiger partial charge on any atom is 0.267 e. The molecular weight excluding hydrogens is 376 g/mol. The fourth-order valence-electron chi connectivity index (χ4n) is 3.80. The van der Waals surface area contributed by atoms with E-state index in [1.807, 2.05) is 6.07 Å². The Morgan fingerprint density at radius 2 is 1.96 bits per heavy atom. The molecule has 2 aromatic heterocycles. The van der Waals surface area contributed by atoms with E-state index in [0.29, 0.717) is 31.0 Å². The summed E-state index contributed by atoms with van der Waals surface area (Å²) in [4.78, 5) is 20.2. The standard InChI is InChI=1S/C18H20ClF2N5O/c19-14-9-23-26(11-14)15-1-5-22-10-16(15)24-6-2-13(3-7-24)17(27)25-8-4-18(20,21)12-25/h1,5,9-11,13H,2-4,6-8,12H2. The van der Waals surface area contributed by atoms with Crippen molar-refractivity contribution in [3.63, 3.8) is 0 Å². The number of pyridine rings is 1. The minimum absolute atomic E-state index is 0.142. The average molecular weight is 396 g/mol. The molecule has 4 rings (SSSR count). The van der Waals surface area contributed by atoms with Gasteiger partial charge < -0.3 is 9.80 Å². The van der Waals surface area contributed by atoms with Gasteiger partial charge in [0.1, 0.15) is 0 Å². The summed E-state index contributed by atoms with van der Waals surface area (Å²) in [7, 11) is 0. The molecule has 2 fully saturated rings. The van der Waals surface area contributed by atoms with Crippen LogP contribution in [0.3, 0.4) is 0 Å². The van der Waals surface area contributed by atoms with E-state index in [1.165, 1.54) is 4.90 Å². The molecule has 0 N–H and O–H groups in total. The van der Waals surface area contributed by atoms with E-state index in [4.69, 9.17) is 11.6 Å². The number of aromatic nitrogens is 3. The van der Waals surface area contributed by atoms with Crippen molar-refractivity contribution in [1.82, 2.24) is 19.7 Å². The number of piperidine rings is 1. The molecule has 4 heterocycles. The third-order valence-corrected chi connectivity index (χ3v) is 5.44. The third kappa shape index (κ3) is 3.76. The number of likely N-dealkylation sites (tertiary alicyclic amines) is 1. The lowest BCUT2D eigenvalue weighted by atomic mass is 9.95. The highest BCUT2D eigenvalue weighted by Crippen LogP contribution is 2.32. The predicted molar refractivity (Wildman–Crippen MR) is 97.5 cm³/mol. The molecule has 0 aromatic carbocycles. The largest absolute Gasteiger partial charge is 0.368 e. The quantitative estimate of drug-likeness (QED) is 0.801. The molecule has 0 atom stereocenters. The molecule has 0 unspecified atom stereocenters. The Hall–Kier alpha value is -2.22. The van der Waals surface area contributed by atoms with Crippen LogP contribution in [0.4, 0.5) is 14.5 Å². The first-order valence-electron chi connectivity index (χ1n) is 8.99. The predicted octanol–water partition coefficient (Wildman–Crippen LogP) is 3.00. The molecule has 0 saturated carbocycles.